The Morgan fingerprint density at radius 1 is 0.667 bits per heavy atom. The van der Waals surface area contributed by atoms with Gasteiger partial charge in [-0.05, 0) is 34.8 Å². The second kappa shape index (κ2) is 13.5. The summed E-state index contributed by atoms with van der Waals surface area (Å²) in [5, 5.41) is -1.08. The van der Waals surface area contributed by atoms with Gasteiger partial charge in [-0.2, -0.15) is 0 Å². The zero-order valence-corrected chi connectivity index (χ0v) is 9.13. The Hall–Kier alpha value is -0.120. The molecule has 3 nitrogen and oxygen atoms in total. The van der Waals surface area contributed by atoms with Crippen LogP contribution in [0.4, 0.5) is 0 Å². The van der Waals surface area contributed by atoms with Crippen molar-refractivity contribution in [2.45, 2.75) is 20.8 Å². The number of hydrogen-bond acceptors (Lipinski definition) is 3. The van der Waals surface area contributed by atoms with E-state index in [0.717, 1.165) is 0 Å². The van der Waals surface area contributed by atoms with Gasteiger partial charge in [-0.1, -0.05) is 0 Å². The van der Waals surface area contributed by atoms with E-state index < -0.39 is 0 Å². The quantitative estimate of drug-likeness (QED) is 0.606. The predicted molar refractivity (Wildman–Crippen MR) is 49.6 cm³/mol. The topological polar surface area (TPSA) is 51.2 Å². The molecule has 0 spiro atoms. The molecule has 0 aliphatic carbocycles. The Morgan fingerprint density at radius 2 is 0.667 bits per heavy atom. The highest BCUT2D eigenvalue weighted by molar-refractivity contribution is 6.63. The fourth-order valence-electron chi connectivity index (χ4n) is 0. The van der Waals surface area contributed by atoms with Gasteiger partial charge in [-0.15, -0.1) is 0 Å². The van der Waals surface area contributed by atoms with Crippen molar-refractivity contribution in [3.63, 3.8) is 0 Å². The summed E-state index contributed by atoms with van der Waals surface area (Å²) in [6, 6.07) is 0. The minimum atomic E-state index is -0.361. The molecule has 0 atom stereocenters. The highest BCUT2D eigenvalue weighted by Crippen LogP contribution is 1.68. The van der Waals surface area contributed by atoms with Gasteiger partial charge in [0.05, 0.1) is 0 Å². The van der Waals surface area contributed by atoms with Gasteiger partial charge in [0.2, 0.25) is 15.7 Å². The lowest BCUT2D eigenvalue weighted by Gasteiger charge is -1.52. The smallest absolute Gasteiger partial charge is 0.218 e. The van der Waals surface area contributed by atoms with Crippen LogP contribution in [0.25, 0.3) is 0 Å². The predicted octanol–water partition coefficient (Wildman–Crippen LogP) is 2.32. The summed E-state index contributed by atoms with van der Waals surface area (Å²) in [6.45, 7) is 3.88. The molecule has 0 aromatic carbocycles. The summed E-state index contributed by atoms with van der Waals surface area (Å²) >= 11 is 13.9. The number of halogens is 3. The molecule has 0 N–H and O–H groups in total. The summed E-state index contributed by atoms with van der Waals surface area (Å²) in [6.07, 6.45) is 0. The molecule has 0 saturated heterocycles. The molecular formula is C6H9Cl3O3. The molecule has 0 fully saturated rings. The molecule has 72 valence electrons. The van der Waals surface area contributed by atoms with Crippen LogP contribution in [0.1, 0.15) is 20.8 Å². The average Bonchev–Trinajstić information content (AvgIpc) is 1.54. The maximum Gasteiger partial charge on any atom is 0.218 e. The number of carbonyl (C=O) groups is 3. The Bertz CT molecular complexity index is 116. The summed E-state index contributed by atoms with van der Waals surface area (Å²) in [5.74, 6) is 0. The zero-order chi connectivity index (χ0) is 10.7. The third kappa shape index (κ3) is 54100. The highest BCUT2D eigenvalue weighted by atomic mass is 35.5. The summed E-state index contributed by atoms with van der Waals surface area (Å²) in [7, 11) is 0. The van der Waals surface area contributed by atoms with Gasteiger partial charge in [-0.3, -0.25) is 14.4 Å². The van der Waals surface area contributed by atoms with Crippen molar-refractivity contribution < 1.29 is 14.4 Å². The van der Waals surface area contributed by atoms with E-state index in [-0.39, 0.29) is 15.7 Å². The van der Waals surface area contributed by atoms with Crippen molar-refractivity contribution in [3.8, 4) is 0 Å². The lowest BCUT2D eigenvalue weighted by Crippen LogP contribution is -1.62. The van der Waals surface area contributed by atoms with Gasteiger partial charge in [0, 0.05) is 20.8 Å². The van der Waals surface area contributed by atoms with Crippen LogP contribution in [0.2, 0.25) is 0 Å². The van der Waals surface area contributed by atoms with Gasteiger partial charge < -0.3 is 0 Å². The van der Waals surface area contributed by atoms with Crippen molar-refractivity contribution in [2.24, 2.45) is 0 Å². The molecule has 0 saturated carbocycles. The normalized spacial score (nSPS) is 6.50. The van der Waals surface area contributed by atoms with Gasteiger partial charge in [0.15, 0.2) is 0 Å². The minimum Gasteiger partial charge on any atom is -0.282 e. The fourth-order valence-corrected chi connectivity index (χ4v) is 0. The molecule has 0 aromatic heterocycles. The van der Waals surface area contributed by atoms with Crippen molar-refractivity contribution >= 4 is 50.5 Å². The minimum absolute atomic E-state index is 0.361. The highest BCUT2D eigenvalue weighted by Gasteiger charge is 1.67. The standard InChI is InChI=1S/3C2H3ClO/c3*1-2(3)4/h3*1H3. The van der Waals surface area contributed by atoms with E-state index in [1.54, 1.807) is 0 Å². The van der Waals surface area contributed by atoms with E-state index in [4.69, 9.17) is 0 Å². The molecule has 0 aliphatic heterocycles. The molecule has 6 heteroatoms. The summed E-state index contributed by atoms with van der Waals surface area (Å²) < 4.78 is 0. The van der Waals surface area contributed by atoms with Crippen LogP contribution < -0.4 is 0 Å². The molecule has 0 unspecified atom stereocenters. The Kier molecular flexibility index (Phi) is 20.0. The van der Waals surface area contributed by atoms with E-state index in [0.29, 0.717) is 0 Å². The first kappa shape index (κ1) is 17.8. The molecule has 0 heterocycles. The number of rotatable bonds is 0. The SMILES string of the molecule is CC(=O)Cl.CC(=O)Cl.CC(=O)Cl. The van der Waals surface area contributed by atoms with Crippen LogP contribution in [0, 0.1) is 0 Å². The van der Waals surface area contributed by atoms with Crippen molar-refractivity contribution in [1.29, 1.82) is 0 Å². The lowest BCUT2D eigenvalue weighted by molar-refractivity contribution is -0.110. The van der Waals surface area contributed by atoms with Crippen molar-refractivity contribution in [2.75, 3.05) is 0 Å². The van der Waals surface area contributed by atoms with Gasteiger partial charge in [0.25, 0.3) is 0 Å². The van der Waals surface area contributed by atoms with Gasteiger partial charge >= 0.3 is 0 Å². The van der Waals surface area contributed by atoms with E-state index >= 15 is 0 Å². The lowest BCUT2D eigenvalue weighted by atomic mass is 10.9. The van der Waals surface area contributed by atoms with E-state index in [1.807, 2.05) is 0 Å². The monoisotopic (exact) mass is 234 g/mol. The van der Waals surface area contributed by atoms with Crippen LogP contribution in [0.3, 0.4) is 0 Å². The van der Waals surface area contributed by atoms with Crippen LogP contribution in [0.5, 0.6) is 0 Å². The third-order valence-corrected chi connectivity index (χ3v) is 0. The second-order valence-electron chi connectivity index (χ2n) is 1.41. The molecule has 12 heavy (non-hydrogen) atoms. The van der Waals surface area contributed by atoms with Crippen LogP contribution >= 0.6 is 34.8 Å². The largest absolute Gasteiger partial charge is 0.282 e. The maximum absolute atomic E-state index is 9.21. The van der Waals surface area contributed by atoms with Crippen LogP contribution in [0.15, 0.2) is 0 Å². The molecule has 0 rings (SSSR count). The Labute approximate surface area is 86.0 Å². The van der Waals surface area contributed by atoms with E-state index in [1.165, 1.54) is 20.8 Å². The third-order valence-electron chi connectivity index (χ3n) is 0. The molecular weight excluding hydrogens is 226 g/mol. The second-order valence-corrected chi connectivity index (χ2v) is 3.01. The van der Waals surface area contributed by atoms with Crippen LogP contribution in [-0.2, 0) is 14.4 Å². The molecule has 0 bridgehead atoms. The Balaban J connectivity index is -0.000000101. The number of carbonyl (C=O) groups excluding carboxylic acids is 3. The van der Waals surface area contributed by atoms with Crippen molar-refractivity contribution in [3.05, 3.63) is 0 Å². The van der Waals surface area contributed by atoms with Gasteiger partial charge in [-0.25, -0.2) is 0 Å². The van der Waals surface area contributed by atoms with E-state index in [2.05, 4.69) is 34.8 Å². The first-order valence-corrected chi connectivity index (χ1v) is 3.81. The summed E-state index contributed by atoms with van der Waals surface area (Å²) in [4.78, 5) is 27.6. The average molecular weight is 235 g/mol. The molecule has 0 aromatic rings. The van der Waals surface area contributed by atoms with E-state index in [9.17, 15) is 14.4 Å². The first-order valence-electron chi connectivity index (χ1n) is 2.68. The van der Waals surface area contributed by atoms with Crippen molar-refractivity contribution in [1.82, 2.24) is 0 Å². The zero-order valence-electron chi connectivity index (χ0n) is 6.86. The van der Waals surface area contributed by atoms with Crippen LogP contribution in [-0.4, -0.2) is 15.7 Å². The Morgan fingerprint density at radius 3 is 0.667 bits per heavy atom. The first-order chi connectivity index (χ1) is 5.20. The number of hydrogen-bond donors (Lipinski definition) is 0. The fraction of sp³-hybridized carbons (Fsp3) is 0.500. The molecule has 0 amide bonds. The van der Waals surface area contributed by atoms with Gasteiger partial charge in [0.1, 0.15) is 0 Å². The molecule has 0 aliphatic rings. The maximum atomic E-state index is 9.21. The molecule has 0 radical (unpaired) electrons. The summed E-state index contributed by atoms with van der Waals surface area (Å²) in [5.41, 5.74) is 0.